The average molecular weight is 353 g/mol. The molecule has 4 heteroatoms. The molecule has 0 unspecified atom stereocenters. The van der Waals surface area contributed by atoms with Gasteiger partial charge >= 0.3 is 0 Å². The number of halogens is 1. The normalized spacial score (nSPS) is 15.7. The predicted octanol–water partition coefficient (Wildman–Crippen LogP) is 5.15. The molecule has 0 bridgehead atoms. The van der Waals surface area contributed by atoms with E-state index in [0.717, 1.165) is 53.0 Å². The Balaban J connectivity index is 1.46. The number of benzene rings is 2. The van der Waals surface area contributed by atoms with Gasteiger partial charge in [-0.15, -0.1) is 0 Å². The van der Waals surface area contributed by atoms with Crippen molar-refractivity contribution >= 4 is 28.4 Å². The van der Waals surface area contributed by atoms with Crippen LogP contribution in [0.4, 0.5) is 0 Å². The van der Waals surface area contributed by atoms with Gasteiger partial charge in [0, 0.05) is 46.2 Å². The Kier molecular flexibility index (Phi) is 4.26. The van der Waals surface area contributed by atoms with E-state index < -0.39 is 0 Å². The highest BCUT2D eigenvalue weighted by Crippen LogP contribution is 2.31. The van der Waals surface area contributed by atoms with Crippen molar-refractivity contribution in [3.05, 3.63) is 70.4 Å². The van der Waals surface area contributed by atoms with Crippen LogP contribution in [0.2, 0.25) is 5.02 Å². The van der Waals surface area contributed by atoms with E-state index >= 15 is 0 Å². The predicted molar refractivity (Wildman–Crippen MR) is 102 cm³/mol. The van der Waals surface area contributed by atoms with Gasteiger partial charge in [-0.2, -0.15) is 0 Å². The minimum Gasteiger partial charge on any atom is -0.358 e. The Morgan fingerprint density at radius 1 is 1.12 bits per heavy atom. The molecule has 1 saturated heterocycles. The van der Waals surface area contributed by atoms with Gasteiger partial charge in [-0.05, 0) is 56.2 Å². The number of aromatic amines is 1. The number of piperidine rings is 1. The van der Waals surface area contributed by atoms with Gasteiger partial charge in [-0.1, -0.05) is 29.3 Å². The number of likely N-dealkylation sites (tertiary alicyclic amines) is 1. The largest absolute Gasteiger partial charge is 0.358 e. The van der Waals surface area contributed by atoms with Gasteiger partial charge in [0.25, 0.3) is 5.91 Å². The van der Waals surface area contributed by atoms with Crippen molar-refractivity contribution in [2.75, 3.05) is 13.1 Å². The van der Waals surface area contributed by atoms with Crippen molar-refractivity contribution in [2.24, 2.45) is 0 Å². The number of aryl methyl sites for hydroxylation is 1. The minimum absolute atomic E-state index is 0.144. The Bertz CT molecular complexity index is 923. The Morgan fingerprint density at radius 3 is 2.68 bits per heavy atom. The van der Waals surface area contributed by atoms with E-state index in [2.05, 4.69) is 11.1 Å². The zero-order valence-corrected chi connectivity index (χ0v) is 15.0. The summed E-state index contributed by atoms with van der Waals surface area (Å²) in [6.45, 7) is 3.62. The summed E-state index contributed by atoms with van der Waals surface area (Å²) in [5, 5.41) is 1.91. The van der Waals surface area contributed by atoms with Crippen LogP contribution < -0.4 is 0 Å². The average Bonchev–Trinajstić information content (AvgIpc) is 3.04. The second-order valence-electron chi connectivity index (χ2n) is 6.89. The Hall–Kier alpha value is -2.26. The zero-order valence-electron chi connectivity index (χ0n) is 14.3. The first-order chi connectivity index (χ1) is 12.1. The van der Waals surface area contributed by atoms with Crippen molar-refractivity contribution in [3.8, 4) is 0 Å². The number of H-pyrrole nitrogens is 1. The summed E-state index contributed by atoms with van der Waals surface area (Å²) >= 11 is 6.08. The maximum atomic E-state index is 12.7. The minimum atomic E-state index is 0.144. The van der Waals surface area contributed by atoms with Crippen LogP contribution in [0.25, 0.3) is 10.9 Å². The number of rotatable bonds is 2. The molecular weight excluding hydrogens is 332 g/mol. The molecular formula is C21H21ClN2O. The molecule has 0 radical (unpaired) electrons. The van der Waals surface area contributed by atoms with E-state index in [1.54, 1.807) is 0 Å². The molecule has 0 atom stereocenters. The number of carbonyl (C=O) groups excluding carboxylic acids is 1. The molecule has 128 valence electrons. The topological polar surface area (TPSA) is 36.1 Å². The SMILES string of the molecule is Cc1cccc(C(=O)N2CCC(c3cc4cc(Cl)ccc4[nH]3)CC2)c1. The highest BCUT2D eigenvalue weighted by atomic mass is 35.5. The number of hydrogen-bond donors (Lipinski definition) is 1. The summed E-state index contributed by atoms with van der Waals surface area (Å²) in [5.74, 6) is 0.610. The number of fused-ring (bicyclic) bond motifs is 1. The van der Waals surface area contributed by atoms with Gasteiger partial charge in [-0.3, -0.25) is 4.79 Å². The number of aromatic nitrogens is 1. The van der Waals surface area contributed by atoms with Gasteiger partial charge in [0.15, 0.2) is 0 Å². The van der Waals surface area contributed by atoms with Crippen LogP contribution >= 0.6 is 11.6 Å². The van der Waals surface area contributed by atoms with Gasteiger partial charge in [0.2, 0.25) is 0 Å². The van der Waals surface area contributed by atoms with E-state index in [4.69, 9.17) is 11.6 Å². The molecule has 1 fully saturated rings. The van der Waals surface area contributed by atoms with E-state index in [1.807, 2.05) is 54.3 Å². The summed E-state index contributed by atoms with van der Waals surface area (Å²) in [6, 6.07) is 16.0. The maximum Gasteiger partial charge on any atom is 0.253 e. The molecule has 0 saturated carbocycles. The molecule has 3 aromatic rings. The van der Waals surface area contributed by atoms with E-state index in [-0.39, 0.29) is 5.91 Å². The third kappa shape index (κ3) is 3.29. The number of nitrogens with one attached hydrogen (secondary N) is 1. The first kappa shape index (κ1) is 16.2. The molecule has 0 spiro atoms. The van der Waals surface area contributed by atoms with E-state index in [9.17, 15) is 4.79 Å². The van der Waals surface area contributed by atoms with Crippen LogP contribution in [0.1, 0.15) is 40.4 Å². The van der Waals surface area contributed by atoms with Crippen molar-refractivity contribution in [1.82, 2.24) is 9.88 Å². The van der Waals surface area contributed by atoms with Gasteiger partial charge in [0.1, 0.15) is 0 Å². The molecule has 2 aromatic carbocycles. The second-order valence-corrected chi connectivity index (χ2v) is 7.33. The molecule has 25 heavy (non-hydrogen) atoms. The van der Waals surface area contributed by atoms with Crippen molar-refractivity contribution in [2.45, 2.75) is 25.7 Å². The van der Waals surface area contributed by atoms with E-state index in [0.29, 0.717) is 5.92 Å². The van der Waals surface area contributed by atoms with Gasteiger partial charge < -0.3 is 9.88 Å². The Morgan fingerprint density at radius 2 is 1.92 bits per heavy atom. The van der Waals surface area contributed by atoms with Crippen LogP contribution in [0.15, 0.2) is 48.5 Å². The first-order valence-corrected chi connectivity index (χ1v) is 9.12. The maximum absolute atomic E-state index is 12.7. The number of carbonyl (C=O) groups is 1. The molecule has 4 rings (SSSR count). The fraction of sp³-hybridized carbons (Fsp3) is 0.286. The summed E-state index contributed by atoms with van der Waals surface area (Å²) in [6.07, 6.45) is 1.97. The van der Waals surface area contributed by atoms with Crippen LogP contribution in [0.5, 0.6) is 0 Å². The first-order valence-electron chi connectivity index (χ1n) is 8.74. The van der Waals surface area contributed by atoms with Gasteiger partial charge in [-0.25, -0.2) is 0 Å². The van der Waals surface area contributed by atoms with Crippen LogP contribution in [-0.4, -0.2) is 28.9 Å². The van der Waals surface area contributed by atoms with Crippen molar-refractivity contribution < 1.29 is 4.79 Å². The molecule has 1 aromatic heterocycles. The molecule has 0 aliphatic carbocycles. The van der Waals surface area contributed by atoms with Crippen LogP contribution in [-0.2, 0) is 0 Å². The molecule has 1 amide bonds. The smallest absolute Gasteiger partial charge is 0.253 e. The fourth-order valence-electron chi connectivity index (χ4n) is 3.70. The molecule has 1 aliphatic heterocycles. The lowest BCUT2D eigenvalue weighted by Crippen LogP contribution is -2.38. The number of nitrogens with zero attached hydrogens (tertiary/aromatic N) is 1. The quantitative estimate of drug-likeness (QED) is 0.680. The number of hydrogen-bond acceptors (Lipinski definition) is 1. The summed E-state index contributed by atoms with van der Waals surface area (Å²) < 4.78 is 0. The molecule has 2 heterocycles. The highest BCUT2D eigenvalue weighted by molar-refractivity contribution is 6.31. The zero-order chi connectivity index (χ0) is 17.4. The third-order valence-electron chi connectivity index (χ3n) is 5.09. The number of amides is 1. The second kappa shape index (κ2) is 6.57. The summed E-state index contributed by atoms with van der Waals surface area (Å²) in [7, 11) is 0. The summed E-state index contributed by atoms with van der Waals surface area (Å²) in [5.41, 5.74) is 4.29. The lowest BCUT2D eigenvalue weighted by atomic mass is 9.93. The van der Waals surface area contributed by atoms with Crippen molar-refractivity contribution in [3.63, 3.8) is 0 Å². The third-order valence-corrected chi connectivity index (χ3v) is 5.33. The van der Waals surface area contributed by atoms with Crippen molar-refractivity contribution in [1.29, 1.82) is 0 Å². The summed E-state index contributed by atoms with van der Waals surface area (Å²) in [4.78, 5) is 18.2. The monoisotopic (exact) mass is 352 g/mol. The molecule has 3 nitrogen and oxygen atoms in total. The Labute approximate surface area is 152 Å². The van der Waals surface area contributed by atoms with Crippen LogP contribution in [0, 0.1) is 6.92 Å². The van der Waals surface area contributed by atoms with E-state index in [1.165, 1.54) is 5.69 Å². The standard InChI is InChI=1S/C21H21ClN2O/c1-14-3-2-4-16(11-14)21(25)24-9-7-15(8-10-24)20-13-17-12-18(22)5-6-19(17)23-20/h2-6,11-13,15,23H,7-10H2,1H3. The van der Waals surface area contributed by atoms with Gasteiger partial charge in [0.05, 0.1) is 0 Å². The lowest BCUT2D eigenvalue weighted by Gasteiger charge is -2.31. The van der Waals surface area contributed by atoms with Crippen LogP contribution in [0.3, 0.4) is 0 Å². The highest BCUT2D eigenvalue weighted by Gasteiger charge is 2.25. The molecule has 1 N–H and O–H groups in total. The lowest BCUT2D eigenvalue weighted by molar-refractivity contribution is 0.0712. The molecule has 1 aliphatic rings. The fourth-order valence-corrected chi connectivity index (χ4v) is 3.88.